The summed E-state index contributed by atoms with van der Waals surface area (Å²) in [6, 6.07) is 3.04. The fraction of sp³-hybridized carbons (Fsp3) is 0.385. The second kappa shape index (κ2) is 6.01. The van der Waals surface area contributed by atoms with Crippen LogP contribution in [0.1, 0.15) is 18.4 Å². The summed E-state index contributed by atoms with van der Waals surface area (Å²) in [5, 5.41) is 12.1. The maximum atomic E-state index is 12.2. The van der Waals surface area contributed by atoms with Gasteiger partial charge in [0.25, 0.3) is 0 Å². The lowest BCUT2D eigenvalue weighted by molar-refractivity contribution is -0.137. The van der Waals surface area contributed by atoms with Crippen LogP contribution in [0.5, 0.6) is 0 Å². The molecule has 1 aliphatic rings. The van der Waals surface area contributed by atoms with Crippen molar-refractivity contribution in [3.63, 3.8) is 0 Å². The number of hydrogen-bond acceptors (Lipinski definition) is 2. The summed E-state index contributed by atoms with van der Waals surface area (Å²) in [6.07, 6.45) is 1.69. The van der Waals surface area contributed by atoms with Crippen molar-refractivity contribution in [2.75, 3.05) is 11.9 Å². The molecule has 0 bridgehead atoms. The number of nitrogens with one attached hydrogen (secondary N) is 1. The van der Waals surface area contributed by atoms with E-state index in [4.69, 9.17) is 16.7 Å². The van der Waals surface area contributed by atoms with E-state index in [9.17, 15) is 9.59 Å². The van der Waals surface area contributed by atoms with Gasteiger partial charge in [-0.1, -0.05) is 11.6 Å². The zero-order valence-electron chi connectivity index (χ0n) is 10.8. The number of carboxylic acid groups (broad SMARTS) is 1. The highest BCUT2D eigenvalue weighted by Crippen LogP contribution is 2.31. The zero-order chi connectivity index (χ0) is 14.9. The third-order valence-electron chi connectivity index (χ3n) is 3.04. The third-order valence-corrected chi connectivity index (χ3v) is 4.11. The number of urea groups is 1. The van der Waals surface area contributed by atoms with E-state index in [-0.39, 0.29) is 12.6 Å². The molecule has 2 N–H and O–H groups in total. The standard InChI is InChI=1S/C13H14BrClN2O3/c1-7-4-9(14)11(5-10(7)15)16-13(20)17(6-12(18)19)8-2-3-8/h4-5,8H,2-3,6H2,1H3,(H,16,20)(H,18,19). The van der Waals surface area contributed by atoms with Crippen molar-refractivity contribution in [3.8, 4) is 0 Å². The molecular formula is C13H14BrClN2O3. The number of nitrogens with zero attached hydrogens (tertiary/aromatic N) is 1. The molecule has 0 heterocycles. The Labute approximate surface area is 130 Å². The number of halogens is 2. The molecule has 0 radical (unpaired) electrons. The maximum absolute atomic E-state index is 12.2. The van der Waals surface area contributed by atoms with Crippen LogP contribution in [0, 0.1) is 6.92 Å². The Balaban J connectivity index is 2.13. The van der Waals surface area contributed by atoms with Crippen LogP contribution in [-0.2, 0) is 4.79 Å². The van der Waals surface area contributed by atoms with Crippen LogP contribution in [-0.4, -0.2) is 34.6 Å². The summed E-state index contributed by atoms with van der Waals surface area (Å²) in [6.45, 7) is 1.56. The van der Waals surface area contributed by atoms with Gasteiger partial charge in [0, 0.05) is 15.5 Å². The molecule has 0 saturated heterocycles. The van der Waals surface area contributed by atoms with Crippen molar-refractivity contribution >= 4 is 45.2 Å². The van der Waals surface area contributed by atoms with Gasteiger partial charge in [-0.3, -0.25) is 4.79 Å². The van der Waals surface area contributed by atoms with E-state index in [1.807, 2.05) is 6.92 Å². The van der Waals surface area contributed by atoms with Crippen molar-refractivity contribution in [1.82, 2.24) is 4.90 Å². The highest BCUT2D eigenvalue weighted by atomic mass is 79.9. The molecule has 2 rings (SSSR count). The van der Waals surface area contributed by atoms with E-state index < -0.39 is 12.0 Å². The Kier molecular flexibility index (Phi) is 4.55. The fourth-order valence-corrected chi connectivity index (χ4v) is 2.55. The quantitative estimate of drug-likeness (QED) is 0.862. The van der Waals surface area contributed by atoms with Crippen molar-refractivity contribution < 1.29 is 14.7 Å². The number of benzene rings is 1. The molecule has 1 saturated carbocycles. The Morgan fingerprint density at radius 3 is 2.70 bits per heavy atom. The van der Waals surface area contributed by atoms with Gasteiger partial charge in [0.15, 0.2) is 0 Å². The molecular weight excluding hydrogens is 348 g/mol. The number of amides is 2. The maximum Gasteiger partial charge on any atom is 0.323 e. The molecule has 5 nitrogen and oxygen atoms in total. The van der Waals surface area contributed by atoms with Gasteiger partial charge in [0.05, 0.1) is 5.69 Å². The van der Waals surface area contributed by atoms with Crippen molar-refractivity contribution in [3.05, 3.63) is 27.2 Å². The summed E-state index contributed by atoms with van der Waals surface area (Å²) in [5.74, 6) is -1.02. The molecule has 1 aromatic carbocycles. The number of aliphatic carboxylic acids is 1. The zero-order valence-corrected chi connectivity index (χ0v) is 13.2. The number of carbonyl (C=O) groups excluding carboxylic acids is 1. The minimum atomic E-state index is -1.02. The molecule has 0 aromatic heterocycles. The van der Waals surface area contributed by atoms with Crippen LogP contribution in [0.2, 0.25) is 5.02 Å². The first-order chi connectivity index (χ1) is 9.38. The first-order valence-electron chi connectivity index (χ1n) is 6.13. The summed E-state index contributed by atoms with van der Waals surface area (Å²) in [7, 11) is 0. The Morgan fingerprint density at radius 1 is 1.50 bits per heavy atom. The average molecular weight is 362 g/mol. The largest absolute Gasteiger partial charge is 0.480 e. The lowest BCUT2D eigenvalue weighted by Gasteiger charge is -2.21. The first-order valence-corrected chi connectivity index (χ1v) is 7.30. The minimum Gasteiger partial charge on any atom is -0.480 e. The Morgan fingerprint density at radius 2 is 2.15 bits per heavy atom. The molecule has 1 aliphatic carbocycles. The topological polar surface area (TPSA) is 69.6 Å². The summed E-state index contributed by atoms with van der Waals surface area (Å²) < 4.78 is 0.707. The number of carbonyl (C=O) groups is 2. The molecule has 7 heteroatoms. The number of hydrogen-bond donors (Lipinski definition) is 2. The summed E-state index contributed by atoms with van der Waals surface area (Å²) in [4.78, 5) is 24.3. The van der Waals surface area contributed by atoms with Gasteiger partial charge in [-0.05, 0) is 53.4 Å². The van der Waals surface area contributed by atoms with E-state index in [0.717, 1.165) is 18.4 Å². The minimum absolute atomic E-state index is 0.0193. The fourth-order valence-electron chi connectivity index (χ4n) is 1.83. The van der Waals surface area contributed by atoms with E-state index in [1.54, 1.807) is 12.1 Å². The second-order valence-corrected chi connectivity index (χ2v) is 6.03. The van der Waals surface area contributed by atoms with E-state index in [0.29, 0.717) is 15.2 Å². The molecule has 0 atom stereocenters. The predicted octanol–water partition coefficient (Wildman–Crippen LogP) is 3.49. The number of carboxylic acids is 1. The van der Waals surface area contributed by atoms with Crippen molar-refractivity contribution in [2.24, 2.45) is 0 Å². The molecule has 2 amide bonds. The molecule has 0 unspecified atom stereocenters. The van der Waals surface area contributed by atoms with Gasteiger partial charge in [-0.15, -0.1) is 0 Å². The molecule has 108 valence electrons. The van der Waals surface area contributed by atoms with Crippen LogP contribution >= 0.6 is 27.5 Å². The Hall–Kier alpha value is -1.27. The van der Waals surface area contributed by atoms with Crippen LogP contribution in [0.4, 0.5) is 10.5 Å². The van der Waals surface area contributed by atoms with Crippen molar-refractivity contribution in [1.29, 1.82) is 0 Å². The van der Waals surface area contributed by atoms with E-state index in [2.05, 4.69) is 21.2 Å². The monoisotopic (exact) mass is 360 g/mol. The van der Waals surface area contributed by atoms with E-state index in [1.165, 1.54) is 4.90 Å². The van der Waals surface area contributed by atoms with Crippen LogP contribution < -0.4 is 5.32 Å². The lowest BCUT2D eigenvalue weighted by atomic mass is 10.2. The summed E-state index contributed by atoms with van der Waals surface area (Å²) in [5.41, 5.74) is 1.42. The SMILES string of the molecule is Cc1cc(Br)c(NC(=O)N(CC(=O)O)C2CC2)cc1Cl. The second-order valence-electron chi connectivity index (χ2n) is 4.76. The molecule has 0 aliphatic heterocycles. The lowest BCUT2D eigenvalue weighted by Crippen LogP contribution is -2.40. The predicted molar refractivity (Wildman–Crippen MR) is 80.3 cm³/mol. The van der Waals surface area contributed by atoms with Crippen LogP contribution in [0.15, 0.2) is 16.6 Å². The molecule has 0 spiro atoms. The smallest absolute Gasteiger partial charge is 0.323 e. The average Bonchev–Trinajstić information content (AvgIpc) is 3.16. The highest BCUT2D eigenvalue weighted by Gasteiger charge is 2.34. The molecule has 1 aromatic rings. The molecule has 1 fully saturated rings. The third kappa shape index (κ3) is 3.64. The van der Waals surface area contributed by atoms with Gasteiger partial charge < -0.3 is 15.3 Å². The van der Waals surface area contributed by atoms with Gasteiger partial charge in [-0.2, -0.15) is 0 Å². The van der Waals surface area contributed by atoms with Crippen molar-refractivity contribution in [2.45, 2.75) is 25.8 Å². The van der Waals surface area contributed by atoms with E-state index >= 15 is 0 Å². The van der Waals surface area contributed by atoms with Crippen LogP contribution in [0.25, 0.3) is 0 Å². The van der Waals surface area contributed by atoms with Gasteiger partial charge in [-0.25, -0.2) is 4.79 Å². The molecule has 20 heavy (non-hydrogen) atoms. The number of anilines is 1. The first kappa shape index (κ1) is 15.1. The summed E-state index contributed by atoms with van der Waals surface area (Å²) >= 11 is 9.38. The number of aryl methyl sites for hydroxylation is 1. The Bertz CT molecular complexity index is 561. The van der Waals surface area contributed by atoms with Gasteiger partial charge in [0.1, 0.15) is 6.54 Å². The van der Waals surface area contributed by atoms with Crippen LogP contribution in [0.3, 0.4) is 0 Å². The normalized spacial score (nSPS) is 13.9. The van der Waals surface area contributed by atoms with Gasteiger partial charge >= 0.3 is 12.0 Å². The highest BCUT2D eigenvalue weighted by molar-refractivity contribution is 9.10. The number of rotatable bonds is 4. The van der Waals surface area contributed by atoms with Gasteiger partial charge in [0.2, 0.25) is 0 Å².